The van der Waals surface area contributed by atoms with Gasteiger partial charge in [-0.25, -0.2) is 9.37 Å². The number of benzene rings is 1. The van der Waals surface area contributed by atoms with Crippen molar-refractivity contribution in [3.05, 3.63) is 53.3 Å². The fourth-order valence-electron chi connectivity index (χ4n) is 2.62. The number of halogens is 1. The van der Waals surface area contributed by atoms with Gasteiger partial charge >= 0.3 is 0 Å². The SMILES string of the molecule is Cc1ccccc1Nc1ncc(CF)c(Nc2cc(C3CC3)n[nH]2)n1. The second-order valence-electron chi connectivity index (χ2n) is 6.25. The normalized spacial score (nSPS) is 13.7. The number of H-pyrrole nitrogens is 1. The Bertz CT molecular complexity index is 887. The first-order valence-electron chi connectivity index (χ1n) is 8.30. The Balaban J connectivity index is 1.58. The second-order valence-corrected chi connectivity index (χ2v) is 6.25. The lowest BCUT2D eigenvalue weighted by Crippen LogP contribution is -2.04. The lowest BCUT2D eigenvalue weighted by Gasteiger charge is -2.11. The topological polar surface area (TPSA) is 78.5 Å². The molecule has 0 saturated heterocycles. The number of hydrogen-bond acceptors (Lipinski definition) is 5. The van der Waals surface area contributed by atoms with Gasteiger partial charge in [0.25, 0.3) is 0 Å². The van der Waals surface area contributed by atoms with Gasteiger partial charge in [-0.1, -0.05) is 18.2 Å². The molecule has 6 nitrogen and oxygen atoms in total. The number of nitrogens with zero attached hydrogens (tertiary/aromatic N) is 3. The van der Waals surface area contributed by atoms with Gasteiger partial charge in [0.2, 0.25) is 5.95 Å². The molecule has 3 aromatic rings. The second kappa shape index (κ2) is 6.51. The van der Waals surface area contributed by atoms with E-state index in [-0.39, 0.29) is 0 Å². The fourth-order valence-corrected chi connectivity index (χ4v) is 2.62. The summed E-state index contributed by atoms with van der Waals surface area (Å²) in [4.78, 5) is 8.63. The number of aryl methyl sites for hydroxylation is 1. The third-order valence-electron chi connectivity index (χ3n) is 4.25. The summed E-state index contributed by atoms with van der Waals surface area (Å²) in [5.41, 5.74) is 3.44. The molecule has 0 radical (unpaired) electrons. The van der Waals surface area contributed by atoms with Crippen molar-refractivity contribution in [3.63, 3.8) is 0 Å². The van der Waals surface area contributed by atoms with Crippen molar-refractivity contribution in [3.8, 4) is 0 Å². The van der Waals surface area contributed by atoms with E-state index in [2.05, 4.69) is 30.8 Å². The van der Waals surface area contributed by atoms with E-state index in [0.29, 0.717) is 29.1 Å². The van der Waals surface area contributed by atoms with Gasteiger partial charge in [0, 0.05) is 29.4 Å². The third-order valence-corrected chi connectivity index (χ3v) is 4.25. The first kappa shape index (κ1) is 15.6. The summed E-state index contributed by atoms with van der Waals surface area (Å²) >= 11 is 0. The maximum Gasteiger partial charge on any atom is 0.229 e. The van der Waals surface area contributed by atoms with Crippen LogP contribution in [0, 0.1) is 6.92 Å². The van der Waals surface area contributed by atoms with Gasteiger partial charge in [0.15, 0.2) is 0 Å². The lowest BCUT2D eigenvalue weighted by molar-refractivity contribution is 0.484. The lowest BCUT2D eigenvalue weighted by atomic mass is 10.2. The number of nitrogens with one attached hydrogen (secondary N) is 3. The molecule has 0 aliphatic heterocycles. The van der Waals surface area contributed by atoms with Gasteiger partial charge in [-0.3, -0.25) is 5.10 Å². The summed E-state index contributed by atoms with van der Waals surface area (Å²) in [5.74, 6) is 2.10. The molecular formula is C18H19FN6. The summed E-state index contributed by atoms with van der Waals surface area (Å²) in [7, 11) is 0. The Morgan fingerprint density at radius 1 is 1.24 bits per heavy atom. The molecule has 3 N–H and O–H groups in total. The Labute approximate surface area is 144 Å². The number of anilines is 4. The van der Waals surface area contributed by atoms with E-state index < -0.39 is 6.67 Å². The molecule has 128 valence electrons. The first-order chi connectivity index (χ1) is 12.2. The van der Waals surface area contributed by atoms with Gasteiger partial charge < -0.3 is 10.6 Å². The van der Waals surface area contributed by atoms with Crippen molar-refractivity contribution in [1.29, 1.82) is 0 Å². The zero-order chi connectivity index (χ0) is 17.2. The number of aromatic nitrogens is 4. The standard InChI is InChI=1S/C18H19FN6/c1-11-4-2-3-5-14(11)21-18-20-10-13(9-19)17(23-18)22-16-8-15(24-25-16)12-6-7-12/h2-5,8,10,12H,6-7,9H2,1H3,(H3,20,21,22,23,24,25). The zero-order valence-electron chi connectivity index (χ0n) is 13.9. The molecule has 1 aliphatic carbocycles. The Kier molecular flexibility index (Phi) is 4.05. The molecule has 7 heteroatoms. The van der Waals surface area contributed by atoms with E-state index in [1.165, 1.54) is 19.0 Å². The van der Waals surface area contributed by atoms with Gasteiger partial charge in [0.05, 0.1) is 5.69 Å². The van der Waals surface area contributed by atoms with Crippen molar-refractivity contribution in [2.24, 2.45) is 0 Å². The van der Waals surface area contributed by atoms with E-state index in [4.69, 9.17) is 0 Å². The summed E-state index contributed by atoms with van der Waals surface area (Å²) < 4.78 is 13.3. The van der Waals surface area contributed by atoms with Crippen LogP contribution in [0.15, 0.2) is 36.5 Å². The highest BCUT2D eigenvalue weighted by atomic mass is 19.1. The van der Waals surface area contributed by atoms with E-state index in [1.54, 1.807) is 0 Å². The molecular weight excluding hydrogens is 319 g/mol. The molecule has 0 amide bonds. The van der Waals surface area contributed by atoms with Gasteiger partial charge in [-0.2, -0.15) is 10.1 Å². The van der Waals surface area contributed by atoms with Crippen LogP contribution in [0.4, 0.5) is 27.7 Å². The van der Waals surface area contributed by atoms with Crippen LogP contribution in [-0.2, 0) is 6.67 Å². The third kappa shape index (κ3) is 3.45. The molecule has 2 heterocycles. The number of para-hydroxylation sites is 1. The van der Waals surface area contributed by atoms with Crippen molar-refractivity contribution in [1.82, 2.24) is 20.2 Å². The minimum Gasteiger partial charge on any atom is -0.325 e. The molecule has 1 aliphatic rings. The van der Waals surface area contributed by atoms with Crippen LogP contribution < -0.4 is 10.6 Å². The van der Waals surface area contributed by atoms with E-state index >= 15 is 0 Å². The molecule has 2 aromatic heterocycles. The molecule has 0 spiro atoms. The van der Waals surface area contributed by atoms with Gasteiger partial charge in [0.1, 0.15) is 18.3 Å². The van der Waals surface area contributed by atoms with Gasteiger partial charge in [-0.05, 0) is 31.4 Å². The van der Waals surface area contributed by atoms with E-state index in [9.17, 15) is 4.39 Å². The molecule has 1 aromatic carbocycles. The highest BCUT2D eigenvalue weighted by Crippen LogP contribution is 2.39. The fraction of sp³-hybridized carbons (Fsp3) is 0.278. The van der Waals surface area contributed by atoms with Crippen LogP contribution in [-0.4, -0.2) is 20.2 Å². The Morgan fingerprint density at radius 3 is 2.84 bits per heavy atom. The van der Waals surface area contributed by atoms with Crippen molar-refractivity contribution in [2.75, 3.05) is 10.6 Å². The number of rotatable bonds is 6. The van der Waals surface area contributed by atoms with E-state index in [1.807, 2.05) is 37.3 Å². The molecule has 25 heavy (non-hydrogen) atoms. The number of alkyl halides is 1. The maximum absolute atomic E-state index is 13.3. The molecule has 0 atom stereocenters. The summed E-state index contributed by atoms with van der Waals surface area (Å²) in [6, 6.07) is 9.81. The van der Waals surface area contributed by atoms with Crippen LogP contribution >= 0.6 is 0 Å². The molecule has 0 bridgehead atoms. The Hall–Kier alpha value is -2.96. The molecule has 0 unspecified atom stereocenters. The largest absolute Gasteiger partial charge is 0.325 e. The highest BCUT2D eigenvalue weighted by Gasteiger charge is 2.26. The zero-order valence-corrected chi connectivity index (χ0v) is 13.9. The Morgan fingerprint density at radius 2 is 2.08 bits per heavy atom. The summed E-state index contributed by atoms with van der Waals surface area (Å²) in [5, 5.41) is 13.5. The van der Waals surface area contributed by atoms with Crippen molar-refractivity contribution < 1.29 is 4.39 Å². The summed E-state index contributed by atoms with van der Waals surface area (Å²) in [6.07, 6.45) is 3.85. The number of hydrogen-bond donors (Lipinski definition) is 3. The highest BCUT2D eigenvalue weighted by molar-refractivity contribution is 5.62. The van der Waals surface area contributed by atoms with Crippen LogP contribution in [0.3, 0.4) is 0 Å². The maximum atomic E-state index is 13.3. The molecule has 1 saturated carbocycles. The van der Waals surface area contributed by atoms with Crippen LogP contribution in [0.25, 0.3) is 0 Å². The monoisotopic (exact) mass is 338 g/mol. The van der Waals surface area contributed by atoms with Gasteiger partial charge in [-0.15, -0.1) is 0 Å². The molecule has 4 rings (SSSR count). The predicted octanol–water partition coefficient (Wildman–Crippen LogP) is 4.34. The molecule has 1 fully saturated rings. The predicted molar refractivity (Wildman–Crippen MR) is 95.2 cm³/mol. The van der Waals surface area contributed by atoms with Crippen LogP contribution in [0.1, 0.15) is 35.6 Å². The van der Waals surface area contributed by atoms with Crippen molar-refractivity contribution in [2.45, 2.75) is 32.4 Å². The summed E-state index contributed by atoms with van der Waals surface area (Å²) in [6.45, 7) is 1.36. The first-order valence-corrected chi connectivity index (χ1v) is 8.30. The van der Waals surface area contributed by atoms with Crippen molar-refractivity contribution >= 4 is 23.3 Å². The number of aromatic amines is 1. The van der Waals surface area contributed by atoms with Crippen LogP contribution in [0.2, 0.25) is 0 Å². The smallest absolute Gasteiger partial charge is 0.229 e. The minimum atomic E-state index is -0.642. The quantitative estimate of drug-likeness (QED) is 0.623. The minimum absolute atomic E-state index is 0.401. The van der Waals surface area contributed by atoms with E-state index in [0.717, 1.165) is 16.9 Å². The average molecular weight is 338 g/mol. The van der Waals surface area contributed by atoms with Crippen LogP contribution in [0.5, 0.6) is 0 Å². The average Bonchev–Trinajstić information content (AvgIpc) is 3.37.